The fourth-order valence-electron chi connectivity index (χ4n) is 4.72. The average molecular weight is 655 g/mol. The predicted molar refractivity (Wildman–Crippen MR) is 164 cm³/mol. The molecule has 0 atom stereocenters. The zero-order valence-corrected chi connectivity index (χ0v) is 25.1. The third-order valence-corrected chi connectivity index (χ3v) is 8.30. The van der Waals surface area contributed by atoms with Crippen molar-refractivity contribution >= 4 is 57.4 Å². The van der Waals surface area contributed by atoms with Gasteiger partial charge in [-0.15, -0.1) is 0 Å². The first-order chi connectivity index (χ1) is 21.4. The number of benzene rings is 3. The number of aromatic carboxylic acids is 1. The molecule has 2 aromatic heterocycles. The Balaban J connectivity index is 1.44. The lowest BCUT2D eigenvalue weighted by molar-refractivity contribution is 0.0395. The zero-order chi connectivity index (χ0) is 32.2. The van der Waals surface area contributed by atoms with Crippen molar-refractivity contribution in [3.05, 3.63) is 107 Å². The maximum Gasteiger partial charge on any atom is 0.472 e. The molecule has 5 rings (SSSR count). The summed E-state index contributed by atoms with van der Waals surface area (Å²) >= 11 is 0. The molecule has 16 heteroatoms. The maximum atomic E-state index is 13.0. The van der Waals surface area contributed by atoms with Crippen molar-refractivity contribution < 1.29 is 46.7 Å². The highest BCUT2D eigenvalue weighted by atomic mass is 32.2. The molecule has 1 amide bonds. The summed E-state index contributed by atoms with van der Waals surface area (Å²) in [6.45, 7) is -1.10. The van der Waals surface area contributed by atoms with E-state index in [4.69, 9.17) is 9.79 Å². The number of alkyl carbamates (subject to hydrolysis) is 1. The van der Waals surface area contributed by atoms with Gasteiger partial charge in [0.1, 0.15) is 11.3 Å². The minimum Gasteiger partial charge on any atom is -0.477 e. The van der Waals surface area contributed by atoms with Crippen LogP contribution in [-0.2, 0) is 42.7 Å². The Hall–Kier alpha value is -4.79. The van der Waals surface area contributed by atoms with Crippen LogP contribution in [0.25, 0.3) is 21.8 Å². The number of aromatic nitrogens is 2. The van der Waals surface area contributed by atoms with E-state index in [1.165, 1.54) is 10.6 Å². The van der Waals surface area contributed by atoms with E-state index in [1.54, 1.807) is 54.6 Å². The van der Waals surface area contributed by atoms with Crippen LogP contribution in [0.5, 0.6) is 0 Å². The van der Waals surface area contributed by atoms with E-state index in [9.17, 15) is 27.7 Å². The Bertz CT molecular complexity index is 2040. The number of phosphoric ester groups is 1. The lowest BCUT2D eigenvalue weighted by atomic mass is 10.0. The van der Waals surface area contributed by atoms with Crippen LogP contribution in [0, 0.1) is 0 Å². The van der Waals surface area contributed by atoms with Crippen molar-refractivity contribution in [2.24, 2.45) is 0 Å². The van der Waals surface area contributed by atoms with Crippen LogP contribution >= 0.6 is 7.82 Å². The van der Waals surface area contributed by atoms with Crippen LogP contribution in [0.15, 0.2) is 84.9 Å². The van der Waals surface area contributed by atoms with Crippen LogP contribution < -0.4 is 10.0 Å². The number of phosphoric acid groups is 1. The smallest absolute Gasteiger partial charge is 0.472 e. The summed E-state index contributed by atoms with van der Waals surface area (Å²) in [4.78, 5) is 46.1. The summed E-state index contributed by atoms with van der Waals surface area (Å²) in [7, 11) is -8.59. The van der Waals surface area contributed by atoms with Crippen LogP contribution in [0.4, 0.5) is 10.5 Å². The Morgan fingerprint density at radius 2 is 1.67 bits per heavy atom. The first kappa shape index (κ1) is 31.6. The lowest BCUT2D eigenvalue weighted by Gasteiger charge is -2.15. The van der Waals surface area contributed by atoms with Crippen molar-refractivity contribution in [2.75, 3.05) is 11.5 Å². The SMILES string of the molecule is O=C(NCc1ccc2cc(C(=O)O)n(Cc3cc(NS(=O)(=O)Cc4ccccc4)cc4ccccc34)c2n1)OCOP(=O)(O)O. The average Bonchev–Trinajstić information content (AvgIpc) is 3.33. The topological polar surface area (TPSA) is 206 Å². The molecule has 0 aliphatic rings. The van der Waals surface area contributed by atoms with Crippen LogP contribution in [0.3, 0.4) is 0 Å². The number of anilines is 1. The zero-order valence-electron chi connectivity index (χ0n) is 23.4. The Morgan fingerprint density at radius 1 is 0.933 bits per heavy atom. The number of carbonyl (C=O) groups is 2. The first-order valence-electron chi connectivity index (χ1n) is 13.3. The highest BCUT2D eigenvalue weighted by Gasteiger charge is 2.20. The molecule has 0 bridgehead atoms. The number of carboxylic acids is 1. The molecule has 5 aromatic rings. The second-order valence-corrected chi connectivity index (χ2v) is 12.8. The minimum absolute atomic E-state index is 0.0194. The van der Waals surface area contributed by atoms with E-state index in [2.05, 4.69) is 24.3 Å². The molecule has 2 heterocycles. The van der Waals surface area contributed by atoms with Gasteiger partial charge in [0, 0.05) is 11.1 Å². The molecular weight excluding hydrogens is 627 g/mol. The van der Waals surface area contributed by atoms with E-state index in [-0.39, 0.29) is 24.5 Å². The minimum atomic E-state index is -4.81. The Kier molecular flexibility index (Phi) is 9.18. The Morgan fingerprint density at radius 3 is 2.40 bits per heavy atom. The summed E-state index contributed by atoms with van der Waals surface area (Å²) in [6, 6.07) is 24.1. The van der Waals surface area contributed by atoms with Gasteiger partial charge in [-0.3, -0.25) is 4.72 Å². The summed E-state index contributed by atoms with van der Waals surface area (Å²) in [5, 5.41) is 14.4. The molecular formula is C29H27N4O10PS. The van der Waals surface area contributed by atoms with Gasteiger partial charge in [0.2, 0.25) is 16.8 Å². The quantitative estimate of drug-likeness (QED) is 0.0953. The molecule has 0 unspecified atom stereocenters. The summed E-state index contributed by atoms with van der Waals surface area (Å²) < 4.78 is 49.5. The maximum absolute atomic E-state index is 13.0. The number of sulfonamides is 1. The van der Waals surface area contributed by atoms with Crippen molar-refractivity contribution in [3.63, 3.8) is 0 Å². The Labute approximate surface area is 256 Å². The molecule has 0 aliphatic carbocycles. The third kappa shape index (κ3) is 8.23. The van der Waals surface area contributed by atoms with Crippen LogP contribution in [-0.4, -0.2) is 51.7 Å². The van der Waals surface area contributed by atoms with E-state index < -0.39 is 36.7 Å². The number of carboxylic acid groups (broad SMARTS) is 1. The van der Waals surface area contributed by atoms with E-state index >= 15 is 0 Å². The van der Waals surface area contributed by atoms with Crippen LogP contribution in [0.1, 0.15) is 27.3 Å². The number of nitrogens with one attached hydrogen (secondary N) is 2. The molecule has 0 saturated carbocycles. The number of rotatable bonds is 12. The fraction of sp³-hybridized carbons (Fsp3) is 0.138. The van der Waals surface area contributed by atoms with Gasteiger partial charge in [0.05, 0.1) is 24.5 Å². The summed E-state index contributed by atoms with van der Waals surface area (Å²) in [6.07, 6.45) is -1.02. The highest BCUT2D eigenvalue weighted by Crippen LogP contribution is 2.35. The van der Waals surface area contributed by atoms with Crippen molar-refractivity contribution in [3.8, 4) is 0 Å². The first-order valence-corrected chi connectivity index (χ1v) is 16.4. The third-order valence-electron chi connectivity index (χ3n) is 6.59. The standard InChI is InChI=1S/C29H27N4O10PS/c34-28(35)26-14-21-10-11-23(15-30-29(36)42-18-43-44(37,38)39)31-27(21)33(26)16-22-13-24(12-20-8-4-5-9-25(20)22)32-45(40,41)17-19-6-2-1-3-7-19/h1-14,32H,15-18H2,(H,30,36)(H,34,35)(H2,37,38,39). The highest BCUT2D eigenvalue weighted by molar-refractivity contribution is 7.91. The van der Waals surface area contributed by atoms with Gasteiger partial charge in [-0.1, -0.05) is 54.6 Å². The molecule has 14 nitrogen and oxygen atoms in total. The number of pyridine rings is 1. The molecule has 0 saturated heterocycles. The van der Waals surface area contributed by atoms with Gasteiger partial charge in [-0.25, -0.2) is 32.1 Å². The number of hydrogen-bond acceptors (Lipinski definition) is 8. The number of ether oxygens (including phenoxy) is 1. The molecule has 5 N–H and O–H groups in total. The lowest BCUT2D eigenvalue weighted by Crippen LogP contribution is -2.25. The van der Waals surface area contributed by atoms with E-state index in [1.807, 2.05) is 24.3 Å². The fourth-order valence-corrected chi connectivity index (χ4v) is 6.09. The second kappa shape index (κ2) is 13.1. The van der Waals surface area contributed by atoms with Crippen molar-refractivity contribution in [2.45, 2.75) is 18.8 Å². The largest absolute Gasteiger partial charge is 0.477 e. The molecule has 0 fully saturated rings. The van der Waals surface area contributed by atoms with E-state index in [0.717, 1.165) is 10.8 Å². The summed E-state index contributed by atoms with van der Waals surface area (Å²) in [5.74, 6) is -1.43. The number of nitrogens with zero attached hydrogens (tertiary/aromatic N) is 2. The number of hydrogen-bond donors (Lipinski definition) is 5. The normalized spacial score (nSPS) is 11.9. The van der Waals surface area contributed by atoms with Crippen molar-refractivity contribution in [1.82, 2.24) is 14.9 Å². The van der Waals surface area contributed by atoms with Crippen molar-refractivity contribution in [1.29, 1.82) is 0 Å². The monoisotopic (exact) mass is 654 g/mol. The number of carbonyl (C=O) groups excluding carboxylic acids is 1. The summed E-state index contributed by atoms with van der Waals surface area (Å²) in [5.41, 5.74) is 2.13. The van der Waals surface area contributed by atoms with Gasteiger partial charge in [-0.2, -0.15) is 0 Å². The molecule has 0 radical (unpaired) electrons. The molecule has 3 aromatic carbocycles. The van der Waals surface area contributed by atoms with Gasteiger partial charge < -0.3 is 29.5 Å². The number of fused-ring (bicyclic) bond motifs is 2. The van der Waals surface area contributed by atoms with E-state index in [0.29, 0.717) is 33.5 Å². The predicted octanol–water partition coefficient (Wildman–Crippen LogP) is 4.17. The molecule has 0 aliphatic heterocycles. The molecule has 234 valence electrons. The van der Waals surface area contributed by atoms with Crippen LogP contribution in [0.2, 0.25) is 0 Å². The molecule has 45 heavy (non-hydrogen) atoms. The second-order valence-electron chi connectivity index (χ2n) is 9.86. The van der Waals surface area contributed by atoms with Gasteiger partial charge in [0.25, 0.3) is 0 Å². The van der Waals surface area contributed by atoms with Gasteiger partial charge >= 0.3 is 19.9 Å². The van der Waals surface area contributed by atoms with Gasteiger partial charge in [0.15, 0.2) is 0 Å². The number of amides is 1. The van der Waals surface area contributed by atoms with Gasteiger partial charge in [-0.05, 0) is 52.2 Å². The molecule has 0 spiro atoms.